The Morgan fingerprint density at radius 2 is 1.93 bits per heavy atom. The molecule has 0 saturated carbocycles. The van der Waals surface area contributed by atoms with Gasteiger partial charge in [-0.15, -0.1) is 0 Å². The first kappa shape index (κ1) is 20.1. The normalized spacial score (nSPS) is 12.0. The van der Waals surface area contributed by atoms with Gasteiger partial charge in [-0.1, -0.05) is 11.3 Å². The number of aryl methyl sites for hydroxylation is 2. The number of fused-ring (bicyclic) bond motifs is 1. The Kier molecular flexibility index (Phi) is 6.15. The van der Waals surface area contributed by atoms with Crippen LogP contribution in [0.5, 0.6) is 11.5 Å². The minimum absolute atomic E-state index is 0.335. The van der Waals surface area contributed by atoms with E-state index in [0.717, 1.165) is 15.9 Å². The van der Waals surface area contributed by atoms with E-state index in [9.17, 15) is 4.79 Å². The van der Waals surface area contributed by atoms with Gasteiger partial charge in [0.25, 0.3) is 5.91 Å². The summed E-state index contributed by atoms with van der Waals surface area (Å²) in [6, 6.07) is 5.45. The van der Waals surface area contributed by atoms with E-state index < -0.39 is 0 Å². The van der Waals surface area contributed by atoms with Crippen molar-refractivity contribution in [2.24, 2.45) is 4.99 Å². The van der Waals surface area contributed by atoms with Crippen LogP contribution in [-0.4, -0.2) is 48.2 Å². The van der Waals surface area contributed by atoms with Gasteiger partial charge in [0.1, 0.15) is 27.4 Å². The highest BCUT2D eigenvalue weighted by atomic mass is 32.1. The lowest BCUT2D eigenvalue weighted by Crippen LogP contribution is -2.20. The summed E-state index contributed by atoms with van der Waals surface area (Å²) in [6.45, 7) is 5.40. The number of hydrogen-bond acceptors (Lipinski definition) is 6. The first-order chi connectivity index (χ1) is 13.5. The molecular weight excluding hydrogens is 380 g/mol. The summed E-state index contributed by atoms with van der Waals surface area (Å²) in [5, 5.41) is 4.33. The van der Waals surface area contributed by atoms with Crippen molar-refractivity contribution in [1.82, 2.24) is 14.3 Å². The molecule has 0 fully saturated rings. The largest absolute Gasteiger partial charge is 0.495 e. The maximum absolute atomic E-state index is 12.9. The fourth-order valence-corrected chi connectivity index (χ4v) is 4.20. The molecule has 9 heteroatoms. The van der Waals surface area contributed by atoms with Crippen molar-refractivity contribution >= 4 is 27.5 Å². The molecule has 0 spiro atoms. The van der Waals surface area contributed by atoms with Gasteiger partial charge in [0.2, 0.25) is 0 Å². The maximum atomic E-state index is 12.9. The van der Waals surface area contributed by atoms with Gasteiger partial charge in [0.15, 0.2) is 4.80 Å². The molecule has 150 valence electrons. The molecule has 28 heavy (non-hydrogen) atoms. The Bertz CT molecular complexity index is 1060. The zero-order valence-electron chi connectivity index (χ0n) is 16.7. The van der Waals surface area contributed by atoms with E-state index in [0.29, 0.717) is 41.7 Å². The number of rotatable bonds is 7. The molecule has 2 heterocycles. The van der Waals surface area contributed by atoms with Gasteiger partial charge >= 0.3 is 0 Å². The van der Waals surface area contributed by atoms with Crippen LogP contribution in [0.4, 0.5) is 0 Å². The lowest BCUT2D eigenvalue weighted by atomic mass is 10.3. The van der Waals surface area contributed by atoms with Gasteiger partial charge in [-0.05, 0) is 32.0 Å². The molecule has 3 rings (SSSR count). The minimum atomic E-state index is -0.335. The maximum Gasteiger partial charge on any atom is 0.297 e. The summed E-state index contributed by atoms with van der Waals surface area (Å²) in [7, 11) is 4.87. The molecule has 0 aliphatic rings. The highest BCUT2D eigenvalue weighted by molar-refractivity contribution is 7.16. The third-order valence-electron chi connectivity index (χ3n) is 4.33. The van der Waals surface area contributed by atoms with Gasteiger partial charge < -0.3 is 18.8 Å². The Labute approximate surface area is 167 Å². The first-order valence-electron chi connectivity index (χ1n) is 8.90. The summed E-state index contributed by atoms with van der Waals surface area (Å²) in [5.41, 5.74) is 2.08. The zero-order chi connectivity index (χ0) is 20.3. The number of aromatic nitrogens is 3. The number of carbonyl (C=O) groups is 1. The SMILES string of the molecule is CCn1nc(C)cc1C(=O)N=c1sc2c(OC)ccc(OC)c2n1CCOC. The molecule has 0 aliphatic carbocycles. The molecule has 0 N–H and O–H groups in total. The van der Waals surface area contributed by atoms with Crippen molar-refractivity contribution in [2.75, 3.05) is 27.9 Å². The van der Waals surface area contributed by atoms with E-state index in [1.165, 1.54) is 11.3 Å². The van der Waals surface area contributed by atoms with Crippen LogP contribution in [0.2, 0.25) is 0 Å². The monoisotopic (exact) mass is 404 g/mol. The Morgan fingerprint density at radius 1 is 1.21 bits per heavy atom. The minimum Gasteiger partial charge on any atom is -0.495 e. The van der Waals surface area contributed by atoms with Crippen LogP contribution in [0.15, 0.2) is 23.2 Å². The third-order valence-corrected chi connectivity index (χ3v) is 5.42. The van der Waals surface area contributed by atoms with Crippen LogP contribution in [-0.2, 0) is 17.8 Å². The Morgan fingerprint density at radius 3 is 2.57 bits per heavy atom. The van der Waals surface area contributed by atoms with E-state index in [1.807, 2.05) is 30.5 Å². The zero-order valence-corrected chi connectivity index (χ0v) is 17.5. The van der Waals surface area contributed by atoms with Gasteiger partial charge in [-0.25, -0.2) is 0 Å². The molecule has 1 aromatic carbocycles. The summed E-state index contributed by atoms with van der Waals surface area (Å²) in [5.74, 6) is 1.06. The number of benzene rings is 1. The molecule has 0 radical (unpaired) electrons. The number of ether oxygens (including phenoxy) is 3. The molecule has 0 bridgehead atoms. The summed E-state index contributed by atoms with van der Waals surface area (Å²) in [4.78, 5) is 17.9. The van der Waals surface area contributed by atoms with Gasteiger partial charge in [-0.2, -0.15) is 10.1 Å². The van der Waals surface area contributed by atoms with Crippen LogP contribution in [0, 0.1) is 6.92 Å². The quantitative estimate of drug-likeness (QED) is 0.605. The highest BCUT2D eigenvalue weighted by Gasteiger charge is 2.18. The number of carbonyl (C=O) groups excluding carboxylic acids is 1. The molecule has 8 nitrogen and oxygen atoms in total. The van der Waals surface area contributed by atoms with Crippen molar-refractivity contribution in [1.29, 1.82) is 0 Å². The predicted molar refractivity (Wildman–Crippen MR) is 107 cm³/mol. The molecule has 1 amide bonds. The molecule has 0 unspecified atom stereocenters. The molecular formula is C19H24N4O4S. The second-order valence-electron chi connectivity index (χ2n) is 6.08. The van der Waals surface area contributed by atoms with E-state index in [-0.39, 0.29) is 5.91 Å². The van der Waals surface area contributed by atoms with Crippen molar-refractivity contribution < 1.29 is 19.0 Å². The van der Waals surface area contributed by atoms with Gasteiger partial charge in [-0.3, -0.25) is 9.48 Å². The van der Waals surface area contributed by atoms with Crippen LogP contribution >= 0.6 is 11.3 Å². The molecule has 0 saturated heterocycles. The summed E-state index contributed by atoms with van der Waals surface area (Å²) < 4.78 is 20.7. The number of nitrogens with zero attached hydrogens (tertiary/aromatic N) is 4. The Balaban J connectivity index is 2.23. The van der Waals surface area contributed by atoms with E-state index in [2.05, 4.69) is 10.1 Å². The fraction of sp³-hybridized carbons (Fsp3) is 0.421. The number of amides is 1. The standard InChI is InChI=1S/C19H24N4O4S/c1-6-23-13(11-12(2)21-23)18(24)20-19-22(9-10-25-3)16-14(26-4)7-8-15(27-5)17(16)28-19/h7-8,11H,6,9-10H2,1-5H3. The van der Waals surface area contributed by atoms with Crippen molar-refractivity contribution in [3.63, 3.8) is 0 Å². The predicted octanol–water partition coefficient (Wildman–Crippen LogP) is 2.63. The van der Waals surface area contributed by atoms with E-state index in [1.54, 1.807) is 32.1 Å². The molecule has 0 atom stereocenters. The van der Waals surface area contributed by atoms with E-state index >= 15 is 0 Å². The summed E-state index contributed by atoms with van der Waals surface area (Å²) >= 11 is 1.38. The Hall–Kier alpha value is -2.65. The number of hydrogen-bond donors (Lipinski definition) is 0. The lowest BCUT2D eigenvalue weighted by molar-refractivity contribution is 0.0987. The summed E-state index contributed by atoms with van der Waals surface area (Å²) in [6.07, 6.45) is 0. The number of thiazole rings is 1. The fourth-order valence-electron chi connectivity index (χ4n) is 3.03. The molecule has 0 aliphatic heterocycles. The number of methoxy groups -OCH3 is 3. The van der Waals surface area contributed by atoms with Crippen LogP contribution in [0.3, 0.4) is 0 Å². The average molecular weight is 404 g/mol. The molecule has 2 aromatic heterocycles. The van der Waals surface area contributed by atoms with Crippen molar-refractivity contribution in [2.45, 2.75) is 26.9 Å². The second-order valence-corrected chi connectivity index (χ2v) is 7.06. The average Bonchev–Trinajstić information content (AvgIpc) is 3.25. The highest BCUT2D eigenvalue weighted by Crippen LogP contribution is 2.35. The topological polar surface area (TPSA) is 79.9 Å². The van der Waals surface area contributed by atoms with Gasteiger partial charge in [0, 0.05) is 20.2 Å². The van der Waals surface area contributed by atoms with Crippen molar-refractivity contribution in [3.05, 3.63) is 34.4 Å². The van der Waals surface area contributed by atoms with Crippen molar-refractivity contribution in [3.8, 4) is 11.5 Å². The third kappa shape index (κ3) is 3.67. The van der Waals surface area contributed by atoms with Crippen LogP contribution in [0.1, 0.15) is 23.1 Å². The van der Waals surface area contributed by atoms with E-state index in [4.69, 9.17) is 14.2 Å². The lowest BCUT2D eigenvalue weighted by Gasteiger charge is -2.09. The molecule has 3 aromatic rings. The first-order valence-corrected chi connectivity index (χ1v) is 9.72. The van der Waals surface area contributed by atoms with Crippen LogP contribution < -0.4 is 14.3 Å². The second kappa shape index (κ2) is 8.57. The smallest absolute Gasteiger partial charge is 0.297 e. The van der Waals surface area contributed by atoms with Crippen LogP contribution in [0.25, 0.3) is 10.2 Å². The van der Waals surface area contributed by atoms with Gasteiger partial charge in [0.05, 0.1) is 26.5 Å².